The third-order valence-corrected chi connectivity index (χ3v) is 2.88. The minimum absolute atomic E-state index is 0.217. The van der Waals surface area contributed by atoms with Gasteiger partial charge in [0.2, 0.25) is 0 Å². The minimum atomic E-state index is -4.32. The Hall–Kier alpha value is -1.07. The number of aliphatic hydroxyl groups excluding tert-OH is 1. The topological polar surface area (TPSA) is 29.5 Å². The molecule has 1 rings (SSSR count). The maximum Gasteiger partial charge on any atom is 0.416 e. The highest BCUT2D eigenvalue weighted by molar-refractivity contribution is 5.25. The van der Waals surface area contributed by atoms with Crippen LogP contribution in [0.15, 0.2) is 24.3 Å². The molecule has 0 radical (unpaired) electrons. The molecular weight excluding hydrogens is 257 g/mol. The van der Waals surface area contributed by atoms with Crippen LogP contribution in [0.5, 0.6) is 0 Å². The van der Waals surface area contributed by atoms with Crippen molar-refractivity contribution in [3.8, 4) is 0 Å². The second kappa shape index (κ2) is 6.91. The SMILES string of the molecule is COCC(C)CC(O)Cc1ccc(C(F)(F)F)cc1. The fourth-order valence-electron chi connectivity index (χ4n) is 2.00. The second-order valence-electron chi connectivity index (χ2n) is 4.85. The summed E-state index contributed by atoms with van der Waals surface area (Å²) >= 11 is 0. The number of hydrogen-bond acceptors (Lipinski definition) is 2. The van der Waals surface area contributed by atoms with Crippen molar-refractivity contribution in [2.45, 2.75) is 32.0 Å². The van der Waals surface area contributed by atoms with Crippen molar-refractivity contribution in [2.24, 2.45) is 5.92 Å². The molecule has 0 bridgehead atoms. The fraction of sp³-hybridized carbons (Fsp3) is 0.571. The Balaban J connectivity index is 2.53. The third-order valence-electron chi connectivity index (χ3n) is 2.88. The molecule has 0 spiro atoms. The summed E-state index contributed by atoms with van der Waals surface area (Å²) in [7, 11) is 1.60. The van der Waals surface area contributed by atoms with Crippen LogP contribution in [0.1, 0.15) is 24.5 Å². The third kappa shape index (κ3) is 5.61. The van der Waals surface area contributed by atoms with Gasteiger partial charge < -0.3 is 9.84 Å². The standard InChI is InChI=1S/C14H19F3O2/c1-10(9-19-2)7-13(18)8-11-3-5-12(6-4-11)14(15,16)17/h3-6,10,13,18H,7-9H2,1-2H3. The summed E-state index contributed by atoms with van der Waals surface area (Å²) in [5.41, 5.74) is 0.0311. The number of rotatable bonds is 6. The van der Waals surface area contributed by atoms with Crippen molar-refractivity contribution >= 4 is 0 Å². The van der Waals surface area contributed by atoms with E-state index in [2.05, 4.69) is 0 Å². The Morgan fingerprint density at radius 3 is 2.26 bits per heavy atom. The Labute approximate surface area is 111 Å². The predicted octanol–water partition coefficient (Wildman–Crippen LogP) is 3.28. The van der Waals surface area contributed by atoms with E-state index in [1.165, 1.54) is 12.1 Å². The molecule has 0 saturated carbocycles. The lowest BCUT2D eigenvalue weighted by molar-refractivity contribution is -0.137. The van der Waals surface area contributed by atoms with Crippen molar-refractivity contribution in [3.63, 3.8) is 0 Å². The lowest BCUT2D eigenvalue weighted by Gasteiger charge is -2.16. The van der Waals surface area contributed by atoms with Gasteiger partial charge in [0, 0.05) is 13.7 Å². The number of benzene rings is 1. The summed E-state index contributed by atoms with van der Waals surface area (Å²) < 4.78 is 42.1. The molecule has 2 atom stereocenters. The van der Waals surface area contributed by atoms with E-state index in [4.69, 9.17) is 4.74 Å². The van der Waals surface area contributed by atoms with Crippen LogP contribution in [0.2, 0.25) is 0 Å². The van der Waals surface area contributed by atoms with Gasteiger partial charge in [0.15, 0.2) is 0 Å². The number of aliphatic hydroxyl groups is 1. The van der Waals surface area contributed by atoms with E-state index in [1.54, 1.807) is 7.11 Å². The van der Waals surface area contributed by atoms with E-state index in [1.807, 2.05) is 6.92 Å². The molecule has 1 aromatic rings. The molecule has 0 amide bonds. The summed E-state index contributed by atoms with van der Waals surface area (Å²) in [6, 6.07) is 4.90. The Morgan fingerprint density at radius 2 is 1.79 bits per heavy atom. The molecule has 0 aliphatic rings. The number of halogens is 3. The molecule has 0 heterocycles. The van der Waals surface area contributed by atoms with Crippen molar-refractivity contribution in [2.75, 3.05) is 13.7 Å². The van der Waals surface area contributed by atoms with Gasteiger partial charge in [-0.15, -0.1) is 0 Å². The molecule has 0 aliphatic heterocycles. The quantitative estimate of drug-likeness (QED) is 0.864. The highest BCUT2D eigenvalue weighted by atomic mass is 19.4. The highest BCUT2D eigenvalue weighted by Gasteiger charge is 2.29. The maximum absolute atomic E-state index is 12.4. The number of hydrogen-bond donors (Lipinski definition) is 1. The average Bonchev–Trinajstić information content (AvgIpc) is 2.28. The zero-order valence-corrected chi connectivity index (χ0v) is 11.1. The molecular formula is C14H19F3O2. The summed E-state index contributed by atoms with van der Waals surface area (Å²) in [4.78, 5) is 0. The van der Waals surface area contributed by atoms with Gasteiger partial charge in [-0.3, -0.25) is 0 Å². The largest absolute Gasteiger partial charge is 0.416 e. The van der Waals surface area contributed by atoms with Gasteiger partial charge in [-0.1, -0.05) is 19.1 Å². The molecule has 1 N–H and O–H groups in total. The Morgan fingerprint density at radius 1 is 1.21 bits per heavy atom. The fourth-order valence-corrected chi connectivity index (χ4v) is 2.00. The highest BCUT2D eigenvalue weighted by Crippen LogP contribution is 2.29. The van der Waals surface area contributed by atoms with Crippen LogP contribution in [0.25, 0.3) is 0 Å². The minimum Gasteiger partial charge on any atom is -0.393 e. The first-order valence-corrected chi connectivity index (χ1v) is 6.16. The average molecular weight is 276 g/mol. The van der Waals surface area contributed by atoms with Crippen molar-refractivity contribution < 1.29 is 23.0 Å². The summed E-state index contributed by atoms with van der Waals surface area (Å²) in [5.74, 6) is 0.217. The summed E-state index contributed by atoms with van der Waals surface area (Å²) in [6.07, 6.45) is -3.97. The van der Waals surface area contributed by atoms with Crippen LogP contribution in [0.4, 0.5) is 13.2 Å². The number of ether oxygens (including phenoxy) is 1. The molecule has 1 aromatic carbocycles. The molecule has 19 heavy (non-hydrogen) atoms. The summed E-state index contributed by atoms with van der Waals surface area (Å²) in [5, 5.41) is 9.85. The van der Waals surface area contributed by atoms with Crippen molar-refractivity contribution in [1.82, 2.24) is 0 Å². The lowest BCUT2D eigenvalue weighted by atomic mass is 9.98. The van der Waals surface area contributed by atoms with Gasteiger partial charge in [0.05, 0.1) is 11.7 Å². The van der Waals surface area contributed by atoms with Crippen LogP contribution in [-0.2, 0) is 17.3 Å². The van der Waals surface area contributed by atoms with Gasteiger partial charge >= 0.3 is 6.18 Å². The van der Waals surface area contributed by atoms with Crippen molar-refractivity contribution in [1.29, 1.82) is 0 Å². The Bertz CT molecular complexity index is 373. The van der Waals surface area contributed by atoms with E-state index in [-0.39, 0.29) is 5.92 Å². The van der Waals surface area contributed by atoms with E-state index < -0.39 is 17.8 Å². The van der Waals surface area contributed by atoms with Gasteiger partial charge in [0.25, 0.3) is 0 Å². The van der Waals surface area contributed by atoms with Crippen LogP contribution in [-0.4, -0.2) is 24.9 Å². The maximum atomic E-state index is 12.4. The normalized spacial score (nSPS) is 15.3. The van der Waals surface area contributed by atoms with Gasteiger partial charge in [-0.25, -0.2) is 0 Å². The van der Waals surface area contributed by atoms with E-state index in [9.17, 15) is 18.3 Å². The van der Waals surface area contributed by atoms with E-state index >= 15 is 0 Å². The second-order valence-corrected chi connectivity index (χ2v) is 4.85. The number of methoxy groups -OCH3 is 1. The first kappa shape index (κ1) is 16.0. The first-order chi connectivity index (χ1) is 8.82. The van der Waals surface area contributed by atoms with Gasteiger partial charge in [0.1, 0.15) is 0 Å². The number of alkyl halides is 3. The Kier molecular flexibility index (Phi) is 5.82. The molecule has 108 valence electrons. The first-order valence-electron chi connectivity index (χ1n) is 6.16. The van der Waals surface area contributed by atoms with Crippen molar-refractivity contribution in [3.05, 3.63) is 35.4 Å². The van der Waals surface area contributed by atoms with E-state index in [0.29, 0.717) is 25.0 Å². The molecule has 5 heteroatoms. The molecule has 0 fully saturated rings. The van der Waals surface area contributed by atoms with E-state index in [0.717, 1.165) is 12.1 Å². The summed E-state index contributed by atoms with van der Waals surface area (Å²) in [6.45, 7) is 2.52. The molecule has 2 unspecified atom stereocenters. The van der Waals surface area contributed by atoms with Gasteiger partial charge in [-0.05, 0) is 36.5 Å². The van der Waals surface area contributed by atoms with Gasteiger partial charge in [-0.2, -0.15) is 13.2 Å². The van der Waals surface area contributed by atoms with Crippen LogP contribution >= 0.6 is 0 Å². The molecule has 0 aromatic heterocycles. The van der Waals surface area contributed by atoms with Crippen LogP contribution in [0, 0.1) is 5.92 Å². The van der Waals surface area contributed by atoms with Crippen LogP contribution < -0.4 is 0 Å². The zero-order valence-electron chi connectivity index (χ0n) is 11.1. The molecule has 0 saturated heterocycles. The molecule has 2 nitrogen and oxygen atoms in total. The zero-order chi connectivity index (χ0) is 14.5. The predicted molar refractivity (Wildman–Crippen MR) is 66.8 cm³/mol. The smallest absolute Gasteiger partial charge is 0.393 e. The lowest BCUT2D eigenvalue weighted by Crippen LogP contribution is -2.17. The molecule has 0 aliphatic carbocycles. The monoisotopic (exact) mass is 276 g/mol. The van der Waals surface area contributed by atoms with Crippen LogP contribution in [0.3, 0.4) is 0 Å².